The number of H-pyrrole nitrogens is 1. The average Bonchev–Trinajstić information content (AvgIpc) is 2.92. The van der Waals surface area contributed by atoms with Crippen molar-refractivity contribution in [3.05, 3.63) is 29.6 Å². The molecule has 0 aliphatic carbocycles. The molecule has 0 aliphatic heterocycles. The van der Waals surface area contributed by atoms with Gasteiger partial charge in [-0.3, -0.25) is 4.79 Å². The molecule has 2 aromatic rings. The van der Waals surface area contributed by atoms with Crippen molar-refractivity contribution < 1.29 is 14.7 Å². The second-order valence-corrected chi connectivity index (χ2v) is 5.36. The van der Waals surface area contributed by atoms with Crippen LogP contribution in [0.2, 0.25) is 0 Å². The van der Waals surface area contributed by atoms with Gasteiger partial charge in [0.15, 0.2) is 0 Å². The molecular weight excluding hydrogens is 296 g/mol. The number of aromatic amines is 1. The minimum Gasteiger partial charge on any atom is -0.481 e. The smallest absolute Gasteiger partial charge is 0.317 e. The molecule has 0 aliphatic rings. The molecule has 124 valence electrons. The van der Waals surface area contributed by atoms with Crippen molar-refractivity contribution in [2.75, 3.05) is 19.6 Å². The van der Waals surface area contributed by atoms with Crippen LogP contribution in [0.1, 0.15) is 24.7 Å². The van der Waals surface area contributed by atoms with Crippen LogP contribution < -0.4 is 5.32 Å². The predicted octanol–water partition coefficient (Wildman–Crippen LogP) is 1.92. The number of para-hydroxylation sites is 1. The van der Waals surface area contributed by atoms with Crippen molar-refractivity contribution in [2.45, 2.75) is 26.7 Å². The molecule has 0 atom stereocenters. The first kappa shape index (κ1) is 16.8. The molecule has 0 unspecified atom stereocenters. The molecule has 2 rings (SSSR count). The van der Waals surface area contributed by atoms with Gasteiger partial charge in [0.1, 0.15) is 5.82 Å². The van der Waals surface area contributed by atoms with Crippen molar-refractivity contribution in [3.63, 3.8) is 0 Å². The molecule has 1 heterocycles. The standard InChI is InChI=1S/C16H22N4O3/c1-3-20(16(23)17-9-7-14(21)22)10-8-13-18-12-6-4-5-11(2)15(12)19-13/h4-6H,3,7-10H2,1-2H3,(H,17,23)(H,18,19)(H,21,22). The number of aryl methyl sites for hydroxylation is 1. The molecular formula is C16H22N4O3. The molecule has 7 heteroatoms. The lowest BCUT2D eigenvalue weighted by Gasteiger charge is -2.20. The predicted molar refractivity (Wildman–Crippen MR) is 87.4 cm³/mol. The van der Waals surface area contributed by atoms with E-state index in [0.29, 0.717) is 19.5 Å². The summed E-state index contributed by atoms with van der Waals surface area (Å²) in [4.78, 5) is 31.9. The Balaban J connectivity index is 1.92. The number of nitrogens with one attached hydrogen (secondary N) is 2. The third-order valence-electron chi connectivity index (χ3n) is 3.67. The highest BCUT2D eigenvalue weighted by Gasteiger charge is 2.13. The number of benzene rings is 1. The Morgan fingerprint density at radius 3 is 2.83 bits per heavy atom. The van der Waals surface area contributed by atoms with Crippen LogP contribution in [0.5, 0.6) is 0 Å². The fraction of sp³-hybridized carbons (Fsp3) is 0.438. The number of carboxylic acids is 1. The van der Waals surface area contributed by atoms with Crippen LogP contribution >= 0.6 is 0 Å². The Morgan fingerprint density at radius 2 is 2.17 bits per heavy atom. The van der Waals surface area contributed by atoms with Gasteiger partial charge in [-0.05, 0) is 25.5 Å². The fourth-order valence-electron chi connectivity index (χ4n) is 2.38. The number of nitrogens with zero attached hydrogens (tertiary/aromatic N) is 2. The van der Waals surface area contributed by atoms with E-state index >= 15 is 0 Å². The highest BCUT2D eigenvalue weighted by atomic mass is 16.4. The molecule has 0 bridgehead atoms. The van der Waals surface area contributed by atoms with Gasteiger partial charge in [0, 0.05) is 26.1 Å². The molecule has 0 spiro atoms. The van der Waals surface area contributed by atoms with Gasteiger partial charge >= 0.3 is 12.0 Å². The van der Waals surface area contributed by atoms with Crippen LogP contribution in [0, 0.1) is 6.92 Å². The Bertz CT molecular complexity index is 696. The van der Waals surface area contributed by atoms with Crippen LogP contribution in [0.4, 0.5) is 4.79 Å². The number of carbonyl (C=O) groups excluding carboxylic acids is 1. The zero-order valence-electron chi connectivity index (χ0n) is 13.4. The lowest BCUT2D eigenvalue weighted by molar-refractivity contribution is -0.136. The first-order valence-electron chi connectivity index (χ1n) is 7.70. The van der Waals surface area contributed by atoms with Crippen LogP contribution in [0.15, 0.2) is 18.2 Å². The zero-order valence-corrected chi connectivity index (χ0v) is 13.4. The van der Waals surface area contributed by atoms with Crippen LogP contribution in [-0.2, 0) is 11.2 Å². The van der Waals surface area contributed by atoms with E-state index in [0.717, 1.165) is 22.4 Å². The van der Waals surface area contributed by atoms with Gasteiger partial charge in [0.25, 0.3) is 0 Å². The van der Waals surface area contributed by atoms with E-state index in [-0.39, 0.29) is 19.0 Å². The third kappa shape index (κ3) is 4.45. The van der Waals surface area contributed by atoms with Crippen molar-refractivity contribution in [3.8, 4) is 0 Å². The summed E-state index contributed by atoms with van der Waals surface area (Å²) in [6.45, 7) is 5.11. The summed E-state index contributed by atoms with van der Waals surface area (Å²) in [5.41, 5.74) is 3.06. The second kappa shape index (κ2) is 7.62. The molecule has 1 aromatic heterocycles. The van der Waals surface area contributed by atoms with Crippen molar-refractivity contribution >= 4 is 23.0 Å². The van der Waals surface area contributed by atoms with Crippen LogP contribution in [0.25, 0.3) is 11.0 Å². The molecule has 7 nitrogen and oxygen atoms in total. The minimum atomic E-state index is -0.925. The highest BCUT2D eigenvalue weighted by Crippen LogP contribution is 2.15. The van der Waals surface area contributed by atoms with E-state index < -0.39 is 5.97 Å². The molecule has 0 saturated carbocycles. The number of imidazole rings is 1. The van der Waals surface area contributed by atoms with E-state index in [2.05, 4.69) is 15.3 Å². The maximum atomic E-state index is 12.0. The number of hydrogen-bond acceptors (Lipinski definition) is 3. The van der Waals surface area contributed by atoms with Crippen molar-refractivity contribution in [1.82, 2.24) is 20.2 Å². The maximum absolute atomic E-state index is 12.0. The monoisotopic (exact) mass is 318 g/mol. The number of likely N-dealkylation sites (N-methyl/N-ethyl adjacent to an activating group) is 1. The first-order valence-corrected chi connectivity index (χ1v) is 7.70. The largest absolute Gasteiger partial charge is 0.481 e. The van der Waals surface area contributed by atoms with Crippen molar-refractivity contribution in [2.24, 2.45) is 0 Å². The van der Waals surface area contributed by atoms with Gasteiger partial charge in [0.05, 0.1) is 17.5 Å². The Kier molecular flexibility index (Phi) is 5.56. The fourth-order valence-corrected chi connectivity index (χ4v) is 2.38. The summed E-state index contributed by atoms with van der Waals surface area (Å²) in [5, 5.41) is 11.2. The van der Waals surface area contributed by atoms with E-state index in [9.17, 15) is 9.59 Å². The number of fused-ring (bicyclic) bond motifs is 1. The lowest BCUT2D eigenvalue weighted by atomic mass is 10.2. The number of rotatable bonds is 7. The summed E-state index contributed by atoms with van der Waals surface area (Å²) >= 11 is 0. The van der Waals surface area contributed by atoms with E-state index in [4.69, 9.17) is 5.11 Å². The summed E-state index contributed by atoms with van der Waals surface area (Å²) in [7, 11) is 0. The van der Waals surface area contributed by atoms with Crippen LogP contribution in [0.3, 0.4) is 0 Å². The van der Waals surface area contributed by atoms with Gasteiger partial charge in [0.2, 0.25) is 0 Å². The Hall–Kier alpha value is -2.57. The third-order valence-corrected chi connectivity index (χ3v) is 3.67. The van der Waals surface area contributed by atoms with Gasteiger partial charge in [-0.25, -0.2) is 9.78 Å². The van der Waals surface area contributed by atoms with Crippen LogP contribution in [-0.4, -0.2) is 51.6 Å². The maximum Gasteiger partial charge on any atom is 0.317 e. The number of hydrogen-bond donors (Lipinski definition) is 3. The van der Waals surface area contributed by atoms with Gasteiger partial charge in [-0.15, -0.1) is 0 Å². The van der Waals surface area contributed by atoms with Gasteiger partial charge < -0.3 is 20.3 Å². The Labute approximate surface area is 134 Å². The van der Waals surface area contributed by atoms with E-state index in [1.165, 1.54) is 0 Å². The molecule has 2 amide bonds. The lowest BCUT2D eigenvalue weighted by Crippen LogP contribution is -2.41. The number of urea groups is 1. The number of aromatic nitrogens is 2. The number of carbonyl (C=O) groups is 2. The zero-order chi connectivity index (χ0) is 16.8. The SMILES string of the molecule is CCN(CCc1nc2c(C)cccc2[nH]1)C(=O)NCCC(=O)O. The topological polar surface area (TPSA) is 98.3 Å². The van der Waals surface area contributed by atoms with Crippen molar-refractivity contribution in [1.29, 1.82) is 0 Å². The molecule has 23 heavy (non-hydrogen) atoms. The minimum absolute atomic E-state index is 0.0772. The number of aliphatic carboxylic acids is 1. The van der Waals surface area contributed by atoms with Gasteiger partial charge in [-0.1, -0.05) is 12.1 Å². The summed E-state index contributed by atoms with van der Waals surface area (Å²) in [5.74, 6) is -0.0860. The average molecular weight is 318 g/mol. The molecule has 1 aromatic carbocycles. The summed E-state index contributed by atoms with van der Waals surface area (Å²) < 4.78 is 0. The number of amides is 2. The number of carboxylic acid groups (broad SMARTS) is 1. The van der Waals surface area contributed by atoms with E-state index in [1.807, 2.05) is 32.0 Å². The normalized spacial score (nSPS) is 10.7. The highest BCUT2D eigenvalue weighted by molar-refractivity contribution is 5.78. The second-order valence-electron chi connectivity index (χ2n) is 5.36. The van der Waals surface area contributed by atoms with E-state index in [1.54, 1.807) is 4.90 Å². The van der Waals surface area contributed by atoms with Gasteiger partial charge in [-0.2, -0.15) is 0 Å². The first-order chi connectivity index (χ1) is 11.0. The quantitative estimate of drug-likeness (QED) is 0.726. The Morgan fingerprint density at radius 1 is 1.39 bits per heavy atom. The molecule has 0 radical (unpaired) electrons. The molecule has 3 N–H and O–H groups in total. The summed E-state index contributed by atoms with van der Waals surface area (Å²) in [6.07, 6.45) is 0.542. The molecule has 0 fully saturated rings. The molecule has 0 saturated heterocycles. The summed E-state index contributed by atoms with van der Waals surface area (Å²) in [6, 6.07) is 5.73.